The molecule has 148 valence electrons. The number of carbonyl (C=O) groups excluding carboxylic acids is 1. The van der Waals surface area contributed by atoms with Crippen LogP contribution in [-0.2, 0) is 0 Å². The summed E-state index contributed by atoms with van der Waals surface area (Å²) in [5, 5.41) is 3.69. The van der Waals surface area contributed by atoms with Crippen molar-refractivity contribution in [3.05, 3.63) is 115 Å². The molecular weight excluding hydrogens is 418 g/mol. The van der Waals surface area contributed by atoms with Crippen LogP contribution in [0.4, 0.5) is 8.78 Å². The maximum absolute atomic E-state index is 13.9. The van der Waals surface area contributed by atoms with Crippen molar-refractivity contribution >= 4 is 52.8 Å². The number of hydrogen-bond acceptors (Lipinski definition) is 3. The summed E-state index contributed by atoms with van der Waals surface area (Å²) in [6.45, 7) is 0. The summed E-state index contributed by atoms with van der Waals surface area (Å²) in [7, 11) is 0. The van der Waals surface area contributed by atoms with Gasteiger partial charge in [-0.1, -0.05) is 48.6 Å². The second kappa shape index (κ2) is 9.11. The number of thiophene rings is 2. The van der Waals surface area contributed by atoms with Gasteiger partial charge in [0.1, 0.15) is 11.6 Å². The Kier molecular flexibility index (Phi) is 6.12. The van der Waals surface area contributed by atoms with Gasteiger partial charge < -0.3 is 0 Å². The zero-order valence-corrected chi connectivity index (χ0v) is 17.4. The summed E-state index contributed by atoms with van der Waals surface area (Å²) in [5.41, 5.74) is 2.06. The van der Waals surface area contributed by atoms with E-state index in [4.69, 9.17) is 0 Å². The lowest BCUT2D eigenvalue weighted by atomic mass is 10.0. The van der Waals surface area contributed by atoms with Crippen molar-refractivity contribution in [2.75, 3.05) is 0 Å². The van der Waals surface area contributed by atoms with E-state index in [1.807, 2.05) is 10.8 Å². The Morgan fingerprint density at radius 2 is 1.07 bits per heavy atom. The third-order valence-electron chi connectivity index (χ3n) is 4.52. The van der Waals surface area contributed by atoms with Crippen LogP contribution in [0.15, 0.2) is 71.4 Å². The van der Waals surface area contributed by atoms with Crippen molar-refractivity contribution in [1.82, 2.24) is 0 Å². The summed E-state index contributed by atoms with van der Waals surface area (Å²) >= 11 is 2.85. The van der Waals surface area contributed by atoms with E-state index in [1.165, 1.54) is 34.8 Å². The van der Waals surface area contributed by atoms with E-state index >= 15 is 0 Å². The molecule has 0 aliphatic carbocycles. The van der Waals surface area contributed by atoms with Crippen LogP contribution < -0.4 is 0 Å². The average molecular weight is 435 g/mol. The number of ketones is 1. The molecule has 0 aliphatic rings. The molecule has 0 N–H and O–H groups in total. The fourth-order valence-corrected chi connectivity index (χ4v) is 4.54. The highest BCUT2D eigenvalue weighted by atomic mass is 32.1. The third-order valence-corrected chi connectivity index (χ3v) is 6.28. The first-order chi connectivity index (χ1) is 14.6. The van der Waals surface area contributed by atoms with Gasteiger partial charge in [0.15, 0.2) is 5.78 Å². The number of halogens is 2. The van der Waals surface area contributed by atoms with Gasteiger partial charge in [-0.3, -0.25) is 4.79 Å². The van der Waals surface area contributed by atoms with Crippen LogP contribution in [0.2, 0.25) is 0 Å². The second-order valence-electron chi connectivity index (χ2n) is 6.44. The molecule has 0 saturated heterocycles. The lowest BCUT2D eigenvalue weighted by molar-refractivity contribution is 0.103. The van der Waals surface area contributed by atoms with Crippen LogP contribution >= 0.6 is 22.7 Å². The molecule has 4 aromatic rings. The van der Waals surface area contributed by atoms with Crippen molar-refractivity contribution in [2.45, 2.75) is 0 Å². The molecule has 0 saturated carbocycles. The molecule has 2 aromatic carbocycles. The van der Waals surface area contributed by atoms with Crippen LogP contribution in [0.3, 0.4) is 0 Å². The first kappa shape index (κ1) is 20.1. The van der Waals surface area contributed by atoms with Crippen LogP contribution in [0.25, 0.3) is 24.3 Å². The Morgan fingerprint density at radius 1 is 0.633 bits per heavy atom. The molecule has 0 aliphatic heterocycles. The smallest absolute Gasteiger partial charge is 0.195 e. The summed E-state index contributed by atoms with van der Waals surface area (Å²) < 4.78 is 27.7. The summed E-state index contributed by atoms with van der Waals surface area (Å²) in [6.07, 6.45) is 6.87. The zero-order chi connectivity index (χ0) is 20.9. The van der Waals surface area contributed by atoms with Crippen molar-refractivity contribution < 1.29 is 13.6 Å². The minimum atomic E-state index is -0.309. The Balaban J connectivity index is 1.60. The summed E-state index contributed by atoms with van der Waals surface area (Å²) in [5.74, 6) is -0.730. The van der Waals surface area contributed by atoms with Gasteiger partial charge in [-0.2, -0.15) is 0 Å². The summed E-state index contributed by atoms with van der Waals surface area (Å²) in [4.78, 5) is 14.7. The molecule has 1 nitrogen and oxygen atoms in total. The Morgan fingerprint density at radius 3 is 1.50 bits per heavy atom. The van der Waals surface area contributed by atoms with Crippen LogP contribution in [0.5, 0.6) is 0 Å². The lowest BCUT2D eigenvalue weighted by Crippen LogP contribution is -2.01. The molecule has 30 heavy (non-hydrogen) atoms. The summed E-state index contributed by atoms with van der Waals surface area (Å²) in [6, 6.07) is 16.5. The topological polar surface area (TPSA) is 17.1 Å². The normalized spacial score (nSPS) is 11.5. The predicted octanol–water partition coefficient (Wildman–Crippen LogP) is 7.66. The van der Waals surface area contributed by atoms with Gasteiger partial charge in [-0.05, 0) is 47.2 Å². The minimum Gasteiger partial charge on any atom is -0.289 e. The minimum absolute atomic E-state index is 0.112. The highest BCUT2D eigenvalue weighted by Crippen LogP contribution is 2.28. The highest BCUT2D eigenvalue weighted by molar-refractivity contribution is 7.12. The lowest BCUT2D eigenvalue weighted by Gasteiger charge is -2.01. The number of carbonyl (C=O) groups is 1. The van der Waals surface area contributed by atoms with Crippen LogP contribution in [0, 0.1) is 11.6 Å². The standard InChI is InChI=1S/C25H16F2OS2/c26-21-7-3-1-5-17(21)9-11-23-19(13-15-29-23)25(28)20-14-16-30-24(20)12-10-18-6-2-4-8-22(18)27/h1-16H. The first-order valence-electron chi connectivity index (χ1n) is 9.18. The molecular formula is C25H16F2OS2. The van der Waals surface area contributed by atoms with Crippen molar-refractivity contribution in [3.63, 3.8) is 0 Å². The third kappa shape index (κ3) is 4.37. The Labute approximate surface area is 181 Å². The van der Waals surface area contributed by atoms with Crippen molar-refractivity contribution in [1.29, 1.82) is 0 Å². The fraction of sp³-hybridized carbons (Fsp3) is 0. The molecule has 0 spiro atoms. The maximum Gasteiger partial charge on any atom is 0.195 e. The molecule has 2 heterocycles. The second-order valence-corrected chi connectivity index (χ2v) is 8.33. The van der Waals surface area contributed by atoms with E-state index < -0.39 is 0 Å². The maximum atomic E-state index is 13.9. The van der Waals surface area contributed by atoms with Gasteiger partial charge in [0.2, 0.25) is 0 Å². The highest BCUT2D eigenvalue weighted by Gasteiger charge is 2.17. The number of benzene rings is 2. The zero-order valence-electron chi connectivity index (χ0n) is 15.7. The average Bonchev–Trinajstić information content (AvgIpc) is 3.41. The molecule has 0 amide bonds. The van der Waals surface area contributed by atoms with Gasteiger partial charge in [-0.15, -0.1) is 22.7 Å². The molecule has 5 heteroatoms. The molecule has 0 radical (unpaired) electrons. The van der Waals surface area contributed by atoms with Crippen LogP contribution in [0.1, 0.15) is 36.8 Å². The van der Waals surface area contributed by atoms with Gasteiger partial charge in [0, 0.05) is 32.0 Å². The fourth-order valence-electron chi connectivity index (χ4n) is 2.97. The van der Waals surface area contributed by atoms with Gasteiger partial charge in [0.25, 0.3) is 0 Å². The van der Waals surface area contributed by atoms with E-state index in [-0.39, 0.29) is 17.4 Å². The van der Waals surface area contributed by atoms with Crippen molar-refractivity contribution in [2.24, 2.45) is 0 Å². The monoisotopic (exact) mass is 434 g/mol. The first-order valence-corrected chi connectivity index (χ1v) is 10.9. The molecule has 0 fully saturated rings. The van der Waals surface area contributed by atoms with Crippen LogP contribution in [-0.4, -0.2) is 5.78 Å². The molecule has 4 rings (SSSR count). The predicted molar refractivity (Wildman–Crippen MR) is 123 cm³/mol. The van der Waals surface area contributed by atoms with Crippen molar-refractivity contribution in [3.8, 4) is 0 Å². The molecule has 0 bridgehead atoms. The molecule has 2 aromatic heterocycles. The van der Waals surface area contributed by atoms with E-state index in [1.54, 1.807) is 72.8 Å². The van der Waals surface area contributed by atoms with E-state index in [2.05, 4.69) is 0 Å². The molecule has 0 atom stereocenters. The van der Waals surface area contributed by atoms with E-state index in [9.17, 15) is 13.6 Å². The SMILES string of the molecule is O=C(c1ccsc1C=Cc1ccccc1F)c1ccsc1C=Cc1ccccc1F. The van der Waals surface area contributed by atoms with Gasteiger partial charge in [-0.25, -0.2) is 8.78 Å². The van der Waals surface area contributed by atoms with E-state index in [0.29, 0.717) is 22.3 Å². The quantitative estimate of drug-likeness (QED) is 0.285. The largest absolute Gasteiger partial charge is 0.289 e. The Bertz CT molecular complexity index is 1150. The van der Waals surface area contributed by atoms with Gasteiger partial charge in [0.05, 0.1) is 0 Å². The molecule has 0 unspecified atom stereocenters. The van der Waals surface area contributed by atoms with E-state index in [0.717, 1.165) is 9.75 Å². The van der Waals surface area contributed by atoms with Gasteiger partial charge >= 0.3 is 0 Å². The number of hydrogen-bond donors (Lipinski definition) is 0. The Hall–Kier alpha value is -3.15. The number of rotatable bonds is 6.